The molecule has 4 N–H and O–H groups in total. The Balaban J connectivity index is 1.99. The van der Waals surface area contributed by atoms with Gasteiger partial charge in [0.2, 0.25) is 11.9 Å². The zero-order chi connectivity index (χ0) is 13.0. The van der Waals surface area contributed by atoms with E-state index in [0.29, 0.717) is 17.8 Å². The lowest BCUT2D eigenvalue weighted by Crippen LogP contribution is -2.19. The van der Waals surface area contributed by atoms with E-state index in [4.69, 9.17) is 10.6 Å². The van der Waals surface area contributed by atoms with E-state index < -0.39 is 0 Å². The fraction of sp³-hybridized carbons (Fsp3) is 0.727. The predicted molar refractivity (Wildman–Crippen MR) is 69.2 cm³/mol. The lowest BCUT2D eigenvalue weighted by molar-refractivity contribution is 0.379. The molecule has 18 heavy (non-hydrogen) atoms. The summed E-state index contributed by atoms with van der Waals surface area (Å²) in [5, 5.41) is 3.23. The minimum absolute atomic E-state index is 0.250. The average Bonchev–Trinajstić information content (AvgIpc) is 2.81. The maximum Gasteiger partial charge on any atom is 0.322 e. The maximum absolute atomic E-state index is 5.30. The Labute approximate surface area is 107 Å². The van der Waals surface area contributed by atoms with Gasteiger partial charge in [0.15, 0.2) is 0 Å². The van der Waals surface area contributed by atoms with Crippen molar-refractivity contribution in [3.05, 3.63) is 0 Å². The number of nitrogen functional groups attached to an aromatic ring is 1. The summed E-state index contributed by atoms with van der Waals surface area (Å²) in [6, 6.07) is 0.250. The second-order valence-electron chi connectivity index (χ2n) is 4.66. The number of aromatic nitrogens is 3. The van der Waals surface area contributed by atoms with Crippen LogP contribution in [0, 0.1) is 11.8 Å². The minimum Gasteiger partial charge on any atom is -0.467 e. The SMILES string of the molecule is COc1nc(NN)nc(NCC2CCCC2C)n1. The van der Waals surface area contributed by atoms with Crippen molar-refractivity contribution in [3.8, 4) is 6.01 Å². The highest BCUT2D eigenvalue weighted by Crippen LogP contribution is 2.31. The summed E-state index contributed by atoms with van der Waals surface area (Å²) in [7, 11) is 1.51. The summed E-state index contributed by atoms with van der Waals surface area (Å²) in [5.41, 5.74) is 2.40. The van der Waals surface area contributed by atoms with Gasteiger partial charge in [0.1, 0.15) is 0 Å². The zero-order valence-corrected chi connectivity index (χ0v) is 10.8. The molecule has 1 aliphatic carbocycles. The molecule has 2 atom stereocenters. The average molecular weight is 252 g/mol. The Morgan fingerprint density at radius 2 is 2.06 bits per heavy atom. The van der Waals surface area contributed by atoms with Crippen LogP contribution in [-0.4, -0.2) is 28.6 Å². The van der Waals surface area contributed by atoms with E-state index in [9.17, 15) is 0 Å². The lowest BCUT2D eigenvalue weighted by atomic mass is 9.98. The molecule has 1 aromatic heterocycles. The molecule has 1 aromatic rings. The first-order valence-corrected chi connectivity index (χ1v) is 6.23. The smallest absolute Gasteiger partial charge is 0.322 e. The van der Waals surface area contributed by atoms with Crippen LogP contribution in [0.3, 0.4) is 0 Å². The van der Waals surface area contributed by atoms with Gasteiger partial charge in [-0.3, -0.25) is 5.43 Å². The van der Waals surface area contributed by atoms with E-state index in [1.54, 1.807) is 0 Å². The van der Waals surface area contributed by atoms with E-state index in [2.05, 4.69) is 32.6 Å². The van der Waals surface area contributed by atoms with E-state index in [1.165, 1.54) is 26.4 Å². The number of nitrogens with two attached hydrogens (primary N) is 1. The molecule has 0 saturated heterocycles. The molecule has 1 fully saturated rings. The number of methoxy groups -OCH3 is 1. The van der Waals surface area contributed by atoms with Gasteiger partial charge < -0.3 is 10.1 Å². The maximum atomic E-state index is 5.30. The molecule has 0 aliphatic heterocycles. The van der Waals surface area contributed by atoms with Gasteiger partial charge >= 0.3 is 6.01 Å². The van der Waals surface area contributed by atoms with Crippen LogP contribution in [0.15, 0.2) is 0 Å². The summed E-state index contributed by atoms with van der Waals surface area (Å²) in [6.07, 6.45) is 3.88. The molecule has 2 unspecified atom stereocenters. The van der Waals surface area contributed by atoms with Gasteiger partial charge in [-0.15, -0.1) is 0 Å². The third-order valence-electron chi connectivity index (χ3n) is 3.49. The van der Waals surface area contributed by atoms with Crippen LogP contribution < -0.4 is 21.3 Å². The van der Waals surface area contributed by atoms with Crippen molar-refractivity contribution in [1.29, 1.82) is 0 Å². The third-order valence-corrected chi connectivity index (χ3v) is 3.49. The predicted octanol–water partition coefficient (Wildman–Crippen LogP) is 1.01. The van der Waals surface area contributed by atoms with Crippen molar-refractivity contribution in [3.63, 3.8) is 0 Å². The Hall–Kier alpha value is -1.63. The van der Waals surface area contributed by atoms with E-state index >= 15 is 0 Å². The normalized spacial score (nSPS) is 22.8. The van der Waals surface area contributed by atoms with E-state index in [-0.39, 0.29) is 6.01 Å². The molecular weight excluding hydrogens is 232 g/mol. The van der Waals surface area contributed by atoms with Gasteiger partial charge in [0.05, 0.1) is 7.11 Å². The zero-order valence-electron chi connectivity index (χ0n) is 10.8. The largest absolute Gasteiger partial charge is 0.467 e. The molecule has 1 aliphatic rings. The van der Waals surface area contributed by atoms with Gasteiger partial charge in [-0.25, -0.2) is 5.84 Å². The van der Waals surface area contributed by atoms with Gasteiger partial charge in [-0.1, -0.05) is 19.8 Å². The van der Waals surface area contributed by atoms with Crippen molar-refractivity contribution >= 4 is 11.9 Å². The van der Waals surface area contributed by atoms with E-state index in [0.717, 1.165) is 12.5 Å². The quantitative estimate of drug-likeness (QED) is 0.531. The first-order chi connectivity index (χ1) is 8.72. The highest BCUT2D eigenvalue weighted by molar-refractivity contribution is 5.34. The molecule has 7 heteroatoms. The Bertz CT molecular complexity index is 377. The number of nitrogens with one attached hydrogen (secondary N) is 2. The molecule has 0 amide bonds. The molecule has 0 spiro atoms. The number of ether oxygens (including phenoxy) is 1. The number of rotatable bonds is 5. The number of hydrogen-bond acceptors (Lipinski definition) is 7. The molecule has 1 saturated carbocycles. The van der Waals surface area contributed by atoms with Crippen molar-refractivity contribution in [1.82, 2.24) is 15.0 Å². The Kier molecular flexibility index (Phi) is 4.14. The molecule has 0 bridgehead atoms. The number of nitrogens with zero attached hydrogens (tertiary/aromatic N) is 3. The third kappa shape index (κ3) is 2.98. The van der Waals surface area contributed by atoms with Gasteiger partial charge in [-0.05, 0) is 18.3 Å². The number of anilines is 2. The minimum atomic E-state index is 0.250. The monoisotopic (exact) mass is 252 g/mol. The van der Waals surface area contributed by atoms with Crippen LogP contribution in [-0.2, 0) is 0 Å². The fourth-order valence-corrected chi connectivity index (χ4v) is 2.34. The summed E-state index contributed by atoms with van der Waals surface area (Å²) >= 11 is 0. The Morgan fingerprint density at radius 3 is 2.67 bits per heavy atom. The van der Waals surface area contributed by atoms with Crippen molar-refractivity contribution in [2.24, 2.45) is 17.7 Å². The molecule has 0 radical (unpaired) electrons. The summed E-state index contributed by atoms with van der Waals surface area (Å²) < 4.78 is 4.99. The van der Waals surface area contributed by atoms with Crippen LogP contribution in [0.25, 0.3) is 0 Å². The van der Waals surface area contributed by atoms with Crippen LogP contribution in [0.1, 0.15) is 26.2 Å². The van der Waals surface area contributed by atoms with Crippen LogP contribution in [0.4, 0.5) is 11.9 Å². The highest BCUT2D eigenvalue weighted by atomic mass is 16.5. The lowest BCUT2D eigenvalue weighted by Gasteiger charge is -2.16. The van der Waals surface area contributed by atoms with Gasteiger partial charge in [0.25, 0.3) is 0 Å². The van der Waals surface area contributed by atoms with E-state index in [1.807, 2.05) is 0 Å². The van der Waals surface area contributed by atoms with Crippen LogP contribution in [0.2, 0.25) is 0 Å². The summed E-state index contributed by atoms with van der Waals surface area (Å²) in [6.45, 7) is 3.17. The van der Waals surface area contributed by atoms with Gasteiger partial charge in [0, 0.05) is 6.54 Å². The first-order valence-electron chi connectivity index (χ1n) is 6.23. The molecule has 2 rings (SSSR count). The van der Waals surface area contributed by atoms with Crippen molar-refractivity contribution < 1.29 is 4.74 Å². The fourth-order valence-electron chi connectivity index (χ4n) is 2.34. The molecule has 7 nitrogen and oxygen atoms in total. The second-order valence-corrected chi connectivity index (χ2v) is 4.66. The summed E-state index contributed by atoms with van der Waals surface area (Å²) in [4.78, 5) is 12.2. The number of hydrazine groups is 1. The highest BCUT2D eigenvalue weighted by Gasteiger charge is 2.23. The second kappa shape index (κ2) is 5.81. The summed E-state index contributed by atoms with van der Waals surface area (Å²) in [5.74, 6) is 7.53. The Morgan fingerprint density at radius 1 is 1.28 bits per heavy atom. The standard InChI is InChI=1S/C11H20N6O/c1-7-4-3-5-8(7)6-13-9-14-10(17-12)16-11(15-9)18-2/h7-8H,3-6,12H2,1-2H3,(H2,13,14,15,16,17). The topological polar surface area (TPSA) is 98.0 Å². The molecule has 1 heterocycles. The molecule has 0 aromatic carbocycles. The van der Waals surface area contributed by atoms with Crippen LogP contribution in [0.5, 0.6) is 6.01 Å². The van der Waals surface area contributed by atoms with Crippen molar-refractivity contribution in [2.75, 3.05) is 24.4 Å². The van der Waals surface area contributed by atoms with Crippen LogP contribution >= 0.6 is 0 Å². The van der Waals surface area contributed by atoms with Crippen molar-refractivity contribution in [2.45, 2.75) is 26.2 Å². The molecular formula is C11H20N6O. The van der Waals surface area contributed by atoms with Gasteiger partial charge in [-0.2, -0.15) is 15.0 Å². The number of hydrogen-bond donors (Lipinski definition) is 3. The molecule has 100 valence electrons. The first kappa shape index (κ1) is 12.8.